The van der Waals surface area contributed by atoms with Gasteiger partial charge in [-0.15, -0.1) is 0 Å². The first-order chi connectivity index (χ1) is 9.24. The maximum atomic E-state index is 4.39. The summed E-state index contributed by atoms with van der Waals surface area (Å²) in [6, 6.07) is 1.88. The van der Waals surface area contributed by atoms with Gasteiger partial charge in [0.05, 0.1) is 0 Å². The standard InChI is InChI=1S/C13H17N5S/c1-4-10-11(14-5-2)16-8-17-12(10)19-13-15-7-6-9(3)18-13/h6-8H,4-5H2,1-3H3,(H,14,16,17). The van der Waals surface area contributed by atoms with Crippen LogP contribution in [0.1, 0.15) is 25.1 Å². The second-order valence-electron chi connectivity index (χ2n) is 3.97. The lowest BCUT2D eigenvalue weighted by Crippen LogP contribution is -2.05. The van der Waals surface area contributed by atoms with Gasteiger partial charge in [0, 0.05) is 24.0 Å². The molecular formula is C13H17N5S. The number of anilines is 1. The first-order valence-corrected chi connectivity index (χ1v) is 7.11. The Morgan fingerprint density at radius 2 is 2.05 bits per heavy atom. The van der Waals surface area contributed by atoms with Gasteiger partial charge in [-0.2, -0.15) is 0 Å². The van der Waals surface area contributed by atoms with Crippen molar-refractivity contribution >= 4 is 17.6 Å². The van der Waals surface area contributed by atoms with E-state index in [-0.39, 0.29) is 0 Å². The molecule has 0 unspecified atom stereocenters. The van der Waals surface area contributed by atoms with Gasteiger partial charge in [0.2, 0.25) is 0 Å². The van der Waals surface area contributed by atoms with Crippen LogP contribution in [0.15, 0.2) is 28.8 Å². The molecule has 0 fully saturated rings. The third-order valence-electron chi connectivity index (χ3n) is 2.56. The van der Waals surface area contributed by atoms with Crippen molar-refractivity contribution in [3.05, 3.63) is 29.8 Å². The fraction of sp³-hybridized carbons (Fsp3) is 0.385. The second-order valence-corrected chi connectivity index (χ2v) is 4.93. The number of aromatic nitrogens is 4. The molecule has 0 radical (unpaired) electrons. The van der Waals surface area contributed by atoms with E-state index in [4.69, 9.17) is 0 Å². The summed E-state index contributed by atoms with van der Waals surface area (Å²) in [4.78, 5) is 17.3. The van der Waals surface area contributed by atoms with E-state index in [1.165, 1.54) is 11.8 Å². The van der Waals surface area contributed by atoms with Crippen molar-refractivity contribution < 1.29 is 0 Å². The minimum absolute atomic E-state index is 0.718. The van der Waals surface area contributed by atoms with E-state index in [0.29, 0.717) is 0 Å². The van der Waals surface area contributed by atoms with Crippen LogP contribution in [0, 0.1) is 6.92 Å². The van der Waals surface area contributed by atoms with Gasteiger partial charge in [-0.3, -0.25) is 0 Å². The van der Waals surface area contributed by atoms with Crippen molar-refractivity contribution in [3.63, 3.8) is 0 Å². The van der Waals surface area contributed by atoms with Gasteiger partial charge in [-0.1, -0.05) is 6.92 Å². The van der Waals surface area contributed by atoms with E-state index in [0.717, 1.165) is 40.2 Å². The second kappa shape index (κ2) is 6.47. The number of aryl methyl sites for hydroxylation is 1. The number of nitrogens with zero attached hydrogens (tertiary/aromatic N) is 4. The van der Waals surface area contributed by atoms with Crippen LogP contribution in [0.25, 0.3) is 0 Å². The summed E-state index contributed by atoms with van der Waals surface area (Å²) in [6.45, 7) is 6.95. The highest BCUT2D eigenvalue weighted by Crippen LogP contribution is 2.29. The van der Waals surface area contributed by atoms with Crippen LogP contribution < -0.4 is 5.32 Å². The number of hydrogen-bond donors (Lipinski definition) is 1. The molecule has 0 saturated carbocycles. The van der Waals surface area contributed by atoms with Crippen LogP contribution in [-0.2, 0) is 6.42 Å². The molecule has 2 aromatic heterocycles. The number of hydrogen-bond acceptors (Lipinski definition) is 6. The lowest BCUT2D eigenvalue weighted by atomic mass is 10.2. The Bertz CT molecular complexity index is 558. The molecule has 19 heavy (non-hydrogen) atoms. The Balaban J connectivity index is 2.31. The summed E-state index contributed by atoms with van der Waals surface area (Å²) < 4.78 is 0. The van der Waals surface area contributed by atoms with Crippen LogP contribution in [0.3, 0.4) is 0 Å². The van der Waals surface area contributed by atoms with Gasteiger partial charge in [-0.25, -0.2) is 19.9 Å². The van der Waals surface area contributed by atoms with Crippen molar-refractivity contribution in [1.82, 2.24) is 19.9 Å². The van der Waals surface area contributed by atoms with E-state index in [9.17, 15) is 0 Å². The molecule has 0 saturated heterocycles. The average Bonchev–Trinajstić information content (AvgIpc) is 2.39. The highest BCUT2D eigenvalue weighted by Gasteiger charge is 2.11. The first kappa shape index (κ1) is 13.7. The molecule has 0 amide bonds. The Morgan fingerprint density at radius 3 is 2.74 bits per heavy atom. The van der Waals surface area contributed by atoms with Crippen molar-refractivity contribution in [3.8, 4) is 0 Å². The molecule has 0 aliphatic heterocycles. The van der Waals surface area contributed by atoms with E-state index < -0.39 is 0 Å². The van der Waals surface area contributed by atoms with Crippen molar-refractivity contribution in [2.45, 2.75) is 37.4 Å². The van der Waals surface area contributed by atoms with Gasteiger partial charge in [0.15, 0.2) is 5.16 Å². The van der Waals surface area contributed by atoms with Crippen molar-refractivity contribution in [2.75, 3.05) is 11.9 Å². The summed E-state index contributed by atoms with van der Waals surface area (Å²) in [5.74, 6) is 0.898. The summed E-state index contributed by atoms with van der Waals surface area (Å²) >= 11 is 1.48. The maximum Gasteiger partial charge on any atom is 0.194 e. The van der Waals surface area contributed by atoms with Crippen LogP contribution in [0.5, 0.6) is 0 Å². The topological polar surface area (TPSA) is 63.6 Å². The summed E-state index contributed by atoms with van der Waals surface area (Å²) in [5.41, 5.74) is 2.07. The monoisotopic (exact) mass is 275 g/mol. The van der Waals surface area contributed by atoms with Crippen LogP contribution in [0.4, 0.5) is 5.82 Å². The molecule has 0 aliphatic rings. The Morgan fingerprint density at radius 1 is 1.21 bits per heavy atom. The average molecular weight is 275 g/mol. The largest absolute Gasteiger partial charge is 0.370 e. The number of rotatable bonds is 5. The lowest BCUT2D eigenvalue weighted by Gasteiger charge is -2.11. The minimum Gasteiger partial charge on any atom is -0.370 e. The van der Waals surface area contributed by atoms with Gasteiger partial charge in [-0.05, 0) is 38.1 Å². The summed E-state index contributed by atoms with van der Waals surface area (Å²) in [6.07, 6.45) is 4.22. The summed E-state index contributed by atoms with van der Waals surface area (Å²) in [5, 5.41) is 4.89. The van der Waals surface area contributed by atoms with Crippen molar-refractivity contribution in [2.24, 2.45) is 0 Å². The molecule has 2 heterocycles. The van der Waals surface area contributed by atoms with E-state index in [2.05, 4.69) is 39.1 Å². The van der Waals surface area contributed by atoms with Gasteiger partial charge in [0.25, 0.3) is 0 Å². The Labute approximate surface area is 117 Å². The molecule has 6 heteroatoms. The molecule has 1 N–H and O–H groups in total. The molecule has 2 aromatic rings. The number of nitrogens with one attached hydrogen (secondary N) is 1. The molecule has 0 aliphatic carbocycles. The third-order valence-corrected chi connectivity index (χ3v) is 3.49. The van der Waals surface area contributed by atoms with Gasteiger partial charge >= 0.3 is 0 Å². The minimum atomic E-state index is 0.718. The molecule has 0 atom stereocenters. The molecular weight excluding hydrogens is 258 g/mol. The van der Waals surface area contributed by atoms with E-state index >= 15 is 0 Å². The predicted octanol–water partition coefficient (Wildman–Crippen LogP) is 2.72. The highest BCUT2D eigenvalue weighted by atomic mass is 32.2. The van der Waals surface area contributed by atoms with Crippen LogP contribution >= 0.6 is 11.8 Å². The molecule has 100 valence electrons. The molecule has 2 rings (SSSR count). The Kier molecular flexibility index (Phi) is 4.68. The van der Waals surface area contributed by atoms with Crippen LogP contribution in [0.2, 0.25) is 0 Å². The zero-order valence-electron chi connectivity index (χ0n) is 11.3. The summed E-state index contributed by atoms with van der Waals surface area (Å²) in [7, 11) is 0. The Hall–Kier alpha value is -1.69. The highest BCUT2D eigenvalue weighted by molar-refractivity contribution is 7.99. The van der Waals surface area contributed by atoms with Gasteiger partial charge < -0.3 is 5.32 Å². The quantitative estimate of drug-likeness (QED) is 0.668. The van der Waals surface area contributed by atoms with E-state index in [1.54, 1.807) is 12.5 Å². The fourth-order valence-electron chi connectivity index (χ4n) is 1.68. The molecule has 5 nitrogen and oxygen atoms in total. The maximum absolute atomic E-state index is 4.39. The van der Waals surface area contributed by atoms with Crippen molar-refractivity contribution in [1.29, 1.82) is 0 Å². The molecule has 0 aromatic carbocycles. The predicted molar refractivity (Wildman–Crippen MR) is 76.5 cm³/mol. The van der Waals surface area contributed by atoms with Gasteiger partial charge in [0.1, 0.15) is 17.2 Å². The van der Waals surface area contributed by atoms with E-state index in [1.807, 2.05) is 13.0 Å². The van der Waals surface area contributed by atoms with Crippen LogP contribution in [-0.4, -0.2) is 26.5 Å². The smallest absolute Gasteiger partial charge is 0.194 e. The first-order valence-electron chi connectivity index (χ1n) is 6.29. The zero-order valence-corrected chi connectivity index (χ0v) is 12.2. The zero-order chi connectivity index (χ0) is 13.7. The molecule has 0 bridgehead atoms. The fourth-order valence-corrected chi connectivity index (χ4v) is 2.62. The normalized spacial score (nSPS) is 10.5. The lowest BCUT2D eigenvalue weighted by molar-refractivity contribution is 0.906. The molecule has 0 spiro atoms. The third kappa shape index (κ3) is 3.41. The SMILES string of the molecule is CCNc1ncnc(Sc2nccc(C)n2)c1CC.